The Morgan fingerprint density at radius 2 is 1.66 bits per heavy atom. The van der Waals surface area contributed by atoms with Crippen molar-refractivity contribution in [2.75, 3.05) is 4.90 Å². The molecule has 29 heavy (non-hydrogen) atoms. The van der Waals surface area contributed by atoms with Crippen molar-refractivity contribution in [1.29, 1.82) is 0 Å². The van der Waals surface area contributed by atoms with Gasteiger partial charge in [-0.3, -0.25) is 9.36 Å². The molecule has 0 amide bonds. The minimum Gasteiger partial charge on any atom is -0.508 e. The molecule has 0 unspecified atom stereocenters. The summed E-state index contributed by atoms with van der Waals surface area (Å²) >= 11 is 6.10. The van der Waals surface area contributed by atoms with Crippen LogP contribution in [0.3, 0.4) is 0 Å². The highest BCUT2D eigenvalue weighted by Crippen LogP contribution is 2.42. The summed E-state index contributed by atoms with van der Waals surface area (Å²) in [5.74, 6) is 0.892. The number of phenolic OH excluding ortho intramolecular Hbond substituents is 1. The van der Waals surface area contributed by atoms with Gasteiger partial charge >= 0.3 is 0 Å². The molecule has 1 aromatic heterocycles. The van der Waals surface area contributed by atoms with Crippen molar-refractivity contribution < 1.29 is 5.11 Å². The second-order valence-corrected chi connectivity index (χ2v) is 7.62. The third-order valence-corrected chi connectivity index (χ3v) is 5.70. The average molecular weight is 404 g/mol. The van der Waals surface area contributed by atoms with E-state index < -0.39 is 0 Å². The number of hydrogen-bond acceptors (Lipinski definition) is 4. The Kier molecular flexibility index (Phi) is 4.07. The first-order valence-electron chi connectivity index (χ1n) is 9.38. The largest absolute Gasteiger partial charge is 0.508 e. The SMILES string of the molecule is C[C@@H]1c2nc3ccccc3c(=O)n2[C@H](c2ccc(O)cc2)N1c1ccc(Cl)cc1. The number of nitrogens with zero attached hydrogens (tertiary/aromatic N) is 3. The molecule has 1 aliphatic heterocycles. The Morgan fingerprint density at radius 3 is 2.38 bits per heavy atom. The van der Waals surface area contributed by atoms with E-state index in [4.69, 9.17) is 16.6 Å². The van der Waals surface area contributed by atoms with Gasteiger partial charge in [0.15, 0.2) is 0 Å². The molecule has 144 valence electrons. The highest BCUT2D eigenvalue weighted by Gasteiger charge is 2.39. The lowest BCUT2D eigenvalue weighted by atomic mass is 10.1. The number of fused-ring (bicyclic) bond motifs is 2. The zero-order valence-corrected chi connectivity index (χ0v) is 16.4. The maximum Gasteiger partial charge on any atom is 0.263 e. The minimum absolute atomic E-state index is 0.0769. The van der Waals surface area contributed by atoms with Gasteiger partial charge in [0.25, 0.3) is 5.56 Å². The summed E-state index contributed by atoms with van der Waals surface area (Å²) in [5, 5.41) is 11.0. The van der Waals surface area contributed by atoms with Crippen LogP contribution in [0.4, 0.5) is 5.69 Å². The van der Waals surface area contributed by atoms with E-state index in [0.29, 0.717) is 21.7 Å². The molecule has 3 aromatic carbocycles. The first-order chi connectivity index (χ1) is 14.0. The van der Waals surface area contributed by atoms with Crippen molar-refractivity contribution in [3.05, 3.63) is 99.6 Å². The number of para-hydroxylation sites is 1. The van der Waals surface area contributed by atoms with Gasteiger partial charge in [-0.1, -0.05) is 35.9 Å². The summed E-state index contributed by atoms with van der Waals surface area (Å²) in [7, 11) is 0. The van der Waals surface area contributed by atoms with E-state index in [1.54, 1.807) is 22.8 Å². The summed E-state index contributed by atoms with van der Waals surface area (Å²) in [5.41, 5.74) is 2.45. The van der Waals surface area contributed by atoms with Gasteiger partial charge in [0, 0.05) is 10.7 Å². The van der Waals surface area contributed by atoms with Gasteiger partial charge in [-0.25, -0.2) is 4.98 Å². The van der Waals surface area contributed by atoms with Crippen molar-refractivity contribution >= 4 is 28.2 Å². The zero-order chi connectivity index (χ0) is 20.1. The van der Waals surface area contributed by atoms with Crippen molar-refractivity contribution in [3.8, 4) is 5.75 Å². The number of aromatic hydroxyl groups is 1. The maximum absolute atomic E-state index is 13.5. The average Bonchev–Trinajstić information content (AvgIpc) is 3.02. The van der Waals surface area contributed by atoms with Gasteiger partial charge in [-0.2, -0.15) is 0 Å². The molecule has 6 heteroatoms. The fraction of sp³-hybridized carbons (Fsp3) is 0.130. The summed E-state index contributed by atoms with van der Waals surface area (Å²) in [6, 6.07) is 21.8. The first kappa shape index (κ1) is 17.8. The van der Waals surface area contributed by atoms with E-state index >= 15 is 0 Å². The van der Waals surface area contributed by atoms with Crippen LogP contribution in [0.25, 0.3) is 10.9 Å². The van der Waals surface area contributed by atoms with Gasteiger partial charge in [0.05, 0.1) is 16.9 Å². The van der Waals surface area contributed by atoms with Gasteiger partial charge in [-0.15, -0.1) is 0 Å². The van der Waals surface area contributed by atoms with Crippen molar-refractivity contribution in [3.63, 3.8) is 0 Å². The standard InChI is InChI=1S/C23H18ClN3O2/c1-14-21-25-20-5-3-2-4-19(20)23(29)27(21)22(15-6-12-18(28)13-7-15)26(14)17-10-8-16(24)9-11-17/h2-14,22,28H,1H3/t14-,22-/m1/s1. The molecule has 0 bridgehead atoms. The van der Waals surface area contributed by atoms with Crippen LogP contribution < -0.4 is 10.5 Å². The van der Waals surface area contributed by atoms with E-state index in [9.17, 15) is 9.90 Å². The first-order valence-corrected chi connectivity index (χ1v) is 9.76. The molecule has 0 radical (unpaired) electrons. The van der Waals surface area contributed by atoms with Gasteiger partial charge in [0.2, 0.25) is 0 Å². The molecular weight excluding hydrogens is 386 g/mol. The Bertz CT molecular complexity index is 1270. The Balaban J connectivity index is 1.80. The molecule has 0 spiro atoms. The van der Waals surface area contributed by atoms with E-state index in [-0.39, 0.29) is 23.5 Å². The molecule has 4 aromatic rings. The maximum atomic E-state index is 13.5. The molecule has 2 atom stereocenters. The van der Waals surface area contributed by atoms with Crippen LogP contribution in [-0.4, -0.2) is 14.7 Å². The van der Waals surface area contributed by atoms with E-state index in [1.165, 1.54) is 0 Å². The second-order valence-electron chi connectivity index (χ2n) is 7.19. The number of halogens is 1. The van der Waals surface area contributed by atoms with Crippen LogP contribution in [0, 0.1) is 0 Å². The van der Waals surface area contributed by atoms with Crippen LogP contribution in [0.5, 0.6) is 5.75 Å². The van der Waals surface area contributed by atoms with E-state index in [0.717, 1.165) is 11.3 Å². The summed E-state index contributed by atoms with van der Waals surface area (Å²) < 4.78 is 1.76. The number of anilines is 1. The Hall–Kier alpha value is -3.31. The van der Waals surface area contributed by atoms with Crippen LogP contribution >= 0.6 is 11.6 Å². The fourth-order valence-electron chi connectivity index (χ4n) is 4.09. The molecule has 2 heterocycles. The molecule has 0 aliphatic carbocycles. The molecule has 1 aliphatic rings. The van der Waals surface area contributed by atoms with Gasteiger partial charge < -0.3 is 10.0 Å². The van der Waals surface area contributed by atoms with Crippen LogP contribution in [0.1, 0.15) is 30.5 Å². The van der Waals surface area contributed by atoms with Crippen molar-refractivity contribution in [2.24, 2.45) is 0 Å². The monoisotopic (exact) mass is 403 g/mol. The number of rotatable bonds is 2. The second kappa shape index (κ2) is 6.64. The van der Waals surface area contributed by atoms with Gasteiger partial charge in [0.1, 0.15) is 17.7 Å². The number of benzene rings is 3. The predicted molar refractivity (Wildman–Crippen MR) is 115 cm³/mol. The lowest BCUT2D eigenvalue weighted by Gasteiger charge is -2.30. The summed E-state index contributed by atoms with van der Waals surface area (Å²) in [6.45, 7) is 2.04. The van der Waals surface area contributed by atoms with Crippen molar-refractivity contribution in [1.82, 2.24) is 9.55 Å². The Labute approximate surface area is 172 Å². The lowest BCUT2D eigenvalue weighted by molar-refractivity contribution is 0.474. The Morgan fingerprint density at radius 1 is 0.966 bits per heavy atom. The third kappa shape index (κ3) is 2.77. The normalized spacial score (nSPS) is 18.2. The van der Waals surface area contributed by atoms with E-state index in [1.807, 2.05) is 61.5 Å². The van der Waals surface area contributed by atoms with Crippen molar-refractivity contribution in [2.45, 2.75) is 19.1 Å². The molecule has 1 N–H and O–H groups in total. The zero-order valence-electron chi connectivity index (χ0n) is 15.7. The van der Waals surface area contributed by atoms with Crippen LogP contribution in [0.15, 0.2) is 77.6 Å². The summed E-state index contributed by atoms with van der Waals surface area (Å²) in [4.78, 5) is 20.5. The number of phenols is 1. The molecular formula is C23H18ClN3O2. The van der Waals surface area contributed by atoms with Crippen LogP contribution in [-0.2, 0) is 0 Å². The van der Waals surface area contributed by atoms with E-state index in [2.05, 4.69) is 4.90 Å². The molecule has 0 saturated carbocycles. The van der Waals surface area contributed by atoms with Gasteiger partial charge in [-0.05, 0) is 61.0 Å². The number of hydrogen-bond donors (Lipinski definition) is 1. The summed E-state index contributed by atoms with van der Waals surface area (Å²) in [6.07, 6.45) is -0.383. The number of aromatic nitrogens is 2. The third-order valence-electron chi connectivity index (χ3n) is 5.45. The molecule has 5 rings (SSSR count). The quantitative estimate of drug-likeness (QED) is 0.518. The molecule has 5 nitrogen and oxygen atoms in total. The molecule has 0 saturated heterocycles. The highest BCUT2D eigenvalue weighted by atomic mass is 35.5. The minimum atomic E-state index is -0.383. The lowest BCUT2D eigenvalue weighted by Crippen LogP contribution is -2.32. The molecule has 0 fully saturated rings. The predicted octanol–water partition coefficient (Wildman–Crippen LogP) is 4.88. The highest BCUT2D eigenvalue weighted by molar-refractivity contribution is 6.30. The topological polar surface area (TPSA) is 58.4 Å². The fourth-order valence-corrected chi connectivity index (χ4v) is 4.21. The smallest absolute Gasteiger partial charge is 0.263 e. The van der Waals surface area contributed by atoms with Crippen LogP contribution in [0.2, 0.25) is 5.02 Å².